The highest BCUT2D eigenvalue weighted by Gasteiger charge is 2.39. The molecule has 0 radical (unpaired) electrons. The van der Waals surface area contributed by atoms with E-state index in [4.69, 9.17) is 21.6 Å². The summed E-state index contributed by atoms with van der Waals surface area (Å²) in [6.07, 6.45) is 1.79. The van der Waals surface area contributed by atoms with Gasteiger partial charge in [0.05, 0.1) is 11.5 Å². The van der Waals surface area contributed by atoms with Crippen molar-refractivity contribution >= 4 is 45.7 Å². The summed E-state index contributed by atoms with van der Waals surface area (Å²) in [5.41, 5.74) is 4.65. The van der Waals surface area contributed by atoms with Gasteiger partial charge in [0, 0.05) is 42.2 Å². The molecule has 2 aromatic carbocycles. The molecule has 0 saturated carbocycles. The Kier molecular flexibility index (Phi) is 7.22. The maximum absolute atomic E-state index is 12.8. The molecule has 1 N–H and O–H groups in total. The van der Waals surface area contributed by atoms with E-state index in [9.17, 15) is 4.79 Å². The zero-order valence-corrected chi connectivity index (χ0v) is 22.2. The quantitative estimate of drug-likeness (QED) is 0.569. The van der Waals surface area contributed by atoms with Crippen LogP contribution < -0.4 is 5.32 Å². The Hall–Kier alpha value is -2.15. The molecule has 5 nitrogen and oxygen atoms in total. The monoisotopic (exact) mass is 496 g/mol. The topological polar surface area (TPSA) is 57.1 Å². The van der Waals surface area contributed by atoms with Gasteiger partial charge in [0.1, 0.15) is 5.04 Å². The summed E-state index contributed by atoms with van der Waals surface area (Å²) < 4.78 is 0. The molecule has 0 aliphatic carbocycles. The van der Waals surface area contributed by atoms with Gasteiger partial charge >= 0.3 is 0 Å². The smallest absolute Gasteiger partial charge is 0.234 e. The van der Waals surface area contributed by atoms with Crippen LogP contribution in [0.25, 0.3) is 0 Å². The molecule has 0 atom stereocenters. The number of nitrogens with one attached hydrogen (secondary N) is 1. The fourth-order valence-corrected chi connectivity index (χ4v) is 5.24. The highest BCUT2D eigenvalue weighted by atomic mass is 35.5. The average Bonchev–Trinajstić information content (AvgIpc) is 3.15. The summed E-state index contributed by atoms with van der Waals surface area (Å²) in [4.78, 5) is 25.3. The van der Waals surface area contributed by atoms with Crippen LogP contribution in [0.3, 0.4) is 0 Å². The maximum atomic E-state index is 12.8. The zero-order chi connectivity index (χ0) is 24.5. The van der Waals surface area contributed by atoms with Crippen molar-refractivity contribution in [2.24, 2.45) is 9.98 Å². The van der Waals surface area contributed by atoms with Crippen LogP contribution in [-0.4, -0.2) is 53.1 Å². The minimum absolute atomic E-state index is 0.0789. The molecule has 0 aromatic heterocycles. The lowest BCUT2D eigenvalue weighted by molar-refractivity contribution is -0.113. The Morgan fingerprint density at radius 3 is 2.44 bits per heavy atom. The summed E-state index contributed by atoms with van der Waals surface area (Å²) in [6, 6.07) is 14.1. The number of carbonyl (C=O) groups excluding carboxylic acids is 1. The van der Waals surface area contributed by atoms with Gasteiger partial charge in [0.2, 0.25) is 5.91 Å². The van der Waals surface area contributed by atoms with E-state index >= 15 is 0 Å². The third-order valence-corrected chi connectivity index (χ3v) is 7.66. The van der Waals surface area contributed by atoms with Crippen LogP contribution in [-0.2, 0) is 10.2 Å². The number of piperidine rings is 1. The zero-order valence-electron chi connectivity index (χ0n) is 20.6. The van der Waals surface area contributed by atoms with Gasteiger partial charge in [-0.3, -0.25) is 9.79 Å². The minimum atomic E-state index is -0.410. The number of hydrogen-bond donors (Lipinski definition) is 1. The first-order chi connectivity index (χ1) is 16.0. The number of thioether (sulfide) groups is 1. The molecule has 4 rings (SSSR count). The molecule has 1 amide bonds. The molecule has 180 valence electrons. The van der Waals surface area contributed by atoms with Crippen molar-refractivity contribution in [1.82, 2.24) is 4.90 Å². The first-order valence-electron chi connectivity index (χ1n) is 11.7. The van der Waals surface area contributed by atoms with Gasteiger partial charge in [-0.1, -0.05) is 74.5 Å². The largest absolute Gasteiger partial charge is 0.325 e. The number of nitrogens with zero attached hydrogens (tertiary/aromatic N) is 3. The molecular weight excluding hydrogens is 464 g/mol. The number of amides is 1. The van der Waals surface area contributed by atoms with Gasteiger partial charge in [-0.15, -0.1) is 0 Å². The van der Waals surface area contributed by atoms with Gasteiger partial charge in [0.25, 0.3) is 0 Å². The van der Waals surface area contributed by atoms with Crippen LogP contribution >= 0.6 is 23.4 Å². The van der Waals surface area contributed by atoms with E-state index in [1.54, 1.807) is 6.07 Å². The number of rotatable bonds is 4. The molecule has 1 spiro atoms. The van der Waals surface area contributed by atoms with Gasteiger partial charge in [0.15, 0.2) is 5.66 Å². The highest BCUT2D eigenvalue weighted by molar-refractivity contribution is 8.16. The molecule has 7 heteroatoms. The van der Waals surface area contributed by atoms with Crippen LogP contribution in [0.5, 0.6) is 0 Å². The molecule has 2 heterocycles. The number of anilines is 1. The van der Waals surface area contributed by atoms with Gasteiger partial charge < -0.3 is 10.2 Å². The lowest BCUT2D eigenvalue weighted by Gasteiger charge is -2.33. The summed E-state index contributed by atoms with van der Waals surface area (Å²) in [5, 5.41) is 4.44. The molecule has 0 bridgehead atoms. The van der Waals surface area contributed by atoms with E-state index in [1.165, 1.54) is 17.3 Å². The van der Waals surface area contributed by atoms with Crippen molar-refractivity contribution in [2.75, 3.05) is 31.2 Å². The van der Waals surface area contributed by atoms with Gasteiger partial charge in [-0.2, -0.15) is 0 Å². The molecular formula is C27H33ClN4OS. The number of likely N-dealkylation sites (tertiary alicyclic amines) is 1. The third kappa shape index (κ3) is 5.73. The summed E-state index contributed by atoms with van der Waals surface area (Å²) >= 11 is 7.57. The second-order valence-corrected chi connectivity index (χ2v) is 11.7. The predicted octanol–water partition coefficient (Wildman–Crippen LogP) is 5.94. The van der Waals surface area contributed by atoms with Crippen molar-refractivity contribution < 1.29 is 4.79 Å². The molecule has 0 unspecified atom stereocenters. The van der Waals surface area contributed by atoms with E-state index in [-0.39, 0.29) is 17.1 Å². The predicted molar refractivity (Wildman–Crippen MR) is 146 cm³/mol. The van der Waals surface area contributed by atoms with E-state index in [0.717, 1.165) is 53.5 Å². The molecule has 1 fully saturated rings. The summed E-state index contributed by atoms with van der Waals surface area (Å²) in [6.45, 7) is 10.5. The van der Waals surface area contributed by atoms with Gasteiger partial charge in [-0.25, -0.2) is 4.99 Å². The first kappa shape index (κ1) is 25.0. The second-order valence-electron chi connectivity index (χ2n) is 10.3. The van der Waals surface area contributed by atoms with Crippen molar-refractivity contribution in [3.8, 4) is 0 Å². The Labute approximate surface area is 212 Å². The minimum Gasteiger partial charge on any atom is -0.325 e. The van der Waals surface area contributed by atoms with Crippen LogP contribution in [0, 0.1) is 6.92 Å². The standard InChI is InChI=1S/C27H33ClN4OS/c1-18-6-11-21(28)16-22(18)29-23(33)17-34-25-24(19-7-9-20(10-8-19)26(2,3)4)30-27(31-25)12-14-32(5)15-13-27/h6-11,16H,12-15,17H2,1-5H3,(H,29,33). The second kappa shape index (κ2) is 9.84. The third-order valence-electron chi connectivity index (χ3n) is 6.46. The fraction of sp³-hybridized carbons (Fsp3) is 0.444. The van der Waals surface area contributed by atoms with E-state index in [2.05, 4.69) is 62.3 Å². The number of benzene rings is 2. The average molecular weight is 497 g/mol. The van der Waals surface area contributed by atoms with Crippen LogP contribution in [0.4, 0.5) is 5.69 Å². The van der Waals surface area contributed by atoms with E-state index in [1.807, 2.05) is 19.1 Å². The number of carbonyl (C=O) groups is 1. The van der Waals surface area contributed by atoms with Crippen molar-refractivity contribution in [1.29, 1.82) is 0 Å². The maximum Gasteiger partial charge on any atom is 0.234 e. The molecule has 2 aliphatic rings. The number of halogens is 1. The Bertz CT molecular complexity index is 1130. The number of hydrogen-bond acceptors (Lipinski definition) is 5. The summed E-state index contributed by atoms with van der Waals surface area (Å²) in [5.74, 6) is 0.185. The van der Waals surface area contributed by atoms with Gasteiger partial charge in [-0.05, 0) is 42.6 Å². The SMILES string of the molecule is Cc1ccc(Cl)cc1NC(=O)CSC1=NC2(CCN(C)CC2)N=C1c1ccc(C(C)(C)C)cc1. The summed E-state index contributed by atoms with van der Waals surface area (Å²) in [7, 11) is 2.14. The molecule has 34 heavy (non-hydrogen) atoms. The fourth-order valence-electron chi connectivity index (χ4n) is 4.19. The lowest BCUT2D eigenvalue weighted by Crippen LogP contribution is -2.39. The van der Waals surface area contributed by atoms with Crippen molar-refractivity contribution in [3.63, 3.8) is 0 Å². The van der Waals surface area contributed by atoms with Crippen molar-refractivity contribution in [2.45, 2.75) is 51.6 Å². The van der Waals surface area contributed by atoms with Crippen molar-refractivity contribution in [3.05, 3.63) is 64.2 Å². The number of aryl methyl sites for hydroxylation is 1. The lowest BCUT2D eigenvalue weighted by atomic mass is 9.86. The molecule has 2 aromatic rings. The first-order valence-corrected chi connectivity index (χ1v) is 13.1. The Morgan fingerprint density at radius 1 is 1.12 bits per heavy atom. The van der Waals surface area contributed by atoms with E-state index in [0.29, 0.717) is 5.02 Å². The highest BCUT2D eigenvalue weighted by Crippen LogP contribution is 2.35. The van der Waals surface area contributed by atoms with Crippen LogP contribution in [0.2, 0.25) is 5.02 Å². The molecule has 2 aliphatic heterocycles. The normalized spacial score (nSPS) is 18.1. The Morgan fingerprint density at radius 2 is 1.79 bits per heavy atom. The molecule has 1 saturated heterocycles. The van der Waals surface area contributed by atoms with Crippen LogP contribution in [0.1, 0.15) is 50.3 Å². The number of aliphatic imine (C=N–C) groups is 2. The Balaban J connectivity index is 1.54. The van der Waals surface area contributed by atoms with Crippen LogP contribution in [0.15, 0.2) is 52.4 Å². The van der Waals surface area contributed by atoms with E-state index < -0.39 is 5.66 Å².